The summed E-state index contributed by atoms with van der Waals surface area (Å²) < 4.78 is 0. The minimum absolute atomic E-state index is 0.168. The maximum atomic E-state index is 6.08. The molecule has 0 amide bonds. The number of hydrogen-bond donors (Lipinski definition) is 2. The van der Waals surface area contributed by atoms with Gasteiger partial charge in [-0.25, -0.2) is 4.99 Å². The molecule has 5 nitrogen and oxygen atoms in total. The van der Waals surface area contributed by atoms with Gasteiger partial charge in [-0.15, -0.1) is 0 Å². The van der Waals surface area contributed by atoms with E-state index in [0.717, 1.165) is 11.1 Å². The number of aliphatic imine (C=N–C) groups is 2. The molecule has 7 heteroatoms. The predicted molar refractivity (Wildman–Crippen MR) is 94.4 cm³/mol. The summed E-state index contributed by atoms with van der Waals surface area (Å²) in [6.45, 7) is 0.489. The van der Waals surface area contributed by atoms with Gasteiger partial charge in [0.05, 0.1) is 10.0 Å². The molecule has 23 heavy (non-hydrogen) atoms. The van der Waals surface area contributed by atoms with Gasteiger partial charge in [0.1, 0.15) is 0 Å². The first kappa shape index (κ1) is 15.6. The van der Waals surface area contributed by atoms with Gasteiger partial charge in [-0.05, 0) is 23.3 Å². The van der Waals surface area contributed by atoms with Crippen molar-refractivity contribution in [2.24, 2.45) is 21.5 Å². The Kier molecular flexibility index (Phi) is 4.41. The van der Waals surface area contributed by atoms with Crippen molar-refractivity contribution >= 4 is 35.1 Å². The molecule has 0 aromatic heterocycles. The van der Waals surface area contributed by atoms with Crippen molar-refractivity contribution in [1.29, 1.82) is 0 Å². The lowest BCUT2D eigenvalue weighted by Gasteiger charge is -2.32. The van der Waals surface area contributed by atoms with Crippen LogP contribution in [0.4, 0.5) is 0 Å². The summed E-state index contributed by atoms with van der Waals surface area (Å²) in [5.74, 6) is 0.485. The second-order valence-electron chi connectivity index (χ2n) is 5.12. The predicted octanol–water partition coefficient (Wildman–Crippen LogP) is 3.14. The molecule has 0 bridgehead atoms. The maximum absolute atomic E-state index is 6.08. The van der Waals surface area contributed by atoms with Gasteiger partial charge < -0.3 is 16.4 Å². The number of benzene rings is 2. The van der Waals surface area contributed by atoms with E-state index in [1.54, 1.807) is 12.1 Å². The fourth-order valence-electron chi connectivity index (χ4n) is 2.41. The van der Waals surface area contributed by atoms with Gasteiger partial charge in [0.15, 0.2) is 6.17 Å². The molecule has 0 aliphatic carbocycles. The fourth-order valence-corrected chi connectivity index (χ4v) is 2.73. The molecule has 1 aliphatic heterocycles. The summed E-state index contributed by atoms with van der Waals surface area (Å²) in [4.78, 5) is 10.3. The lowest BCUT2D eigenvalue weighted by atomic mass is 10.1. The summed E-state index contributed by atoms with van der Waals surface area (Å²) >= 11 is 12.0. The van der Waals surface area contributed by atoms with Crippen molar-refractivity contribution in [3.63, 3.8) is 0 Å². The monoisotopic (exact) mass is 347 g/mol. The van der Waals surface area contributed by atoms with Crippen LogP contribution in [-0.4, -0.2) is 16.8 Å². The van der Waals surface area contributed by atoms with Crippen LogP contribution in [-0.2, 0) is 6.54 Å². The van der Waals surface area contributed by atoms with Crippen molar-refractivity contribution in [1.82, 2.24) is 4.90 Å². The smallest absolute Gasteiger partial charge is 0.220 e. The summed E-state index contributed by atoms with van der Waals surface area (Å²) in [5, 5.41) is 1.01. The number of nitrogens with zero attached hydrogens (tertiary/aromatic N) is 3. The lowest BCUT2D eigenvalue weighted by molar-refractivity contribution is 0.309. The molecule has 4 N–H and O–H groups in total. The molecule has 3 rings (SSSR count). The third-order valence-corrected chi connectivity index (χ3v) is 4.25. The SMILES string of the molecule is NC1=NC(c2ccccc2)N(Cc2ccc(Cl)c(Cl)c2)C(N)=N1. The highest BCUT2D eigenvalue weighted by atomic mass is 35.5. The molecule has 1 unspecified atom stereocenters. The quantitative estimate of drug-likeness (QED) is 0.894. The Bertz CT molecular complexity index is 773. The van der Waals surface area contributed by atoms with Gasteiger partial charge in [-0.1, -0.05) is 59.6 Å². The topological polar surface area (TPSA) is 80.0 Å². The largest absolute Gasteiger partial charge is 0.369 e. The second-order valence-corrected chi connectivity index (χ2v) is 5.93. The Morgan fingerprint density at radius 2 is 1.74 bits per heavy atom. The molecular formula is C16H15Cl2N5. The Hall–Kier alpha value is -2.24. The minimum atomic E-state index is -0.330. The van der Waals surface area contributed by atoms with Crippen molar-refractivity contribution < 1.29 is 0 Å². The van der Waals surface area contributed by atoms with E-state index >= 15 is 0 Å². The summed E-state index contributed by atoms with van der Waals surface area (Å²) in [6.07, 6.45) is -0.330. The summed E-state index contributed by atoms with van der Waals surface area (Å²) in [7, 11) is 0. The van der Waals surface area contributed by atoms with Crippen LogP contribution < -0.4 is 11.5 Å². The highest BCUT2D eigenvalue weighted by molar-refractivity contribution is 6.42. The van der Waals surface area contributed by atoms with Crippen molar-refractivity contribution in [3.8, 4) is 0 Å². The molecule has 0 spiro atoms. The van der Waals surface area contributed by atoms with Crippen LogP contribution in [0.3, 0.4) is 0 Å². The number of halogens is 2. The number of nitrogens with two attached hydrogens (primary N) is 2. The van der Waals surface area contributed by atoms with Crippen LogP contribution >= 0.6 is 23.2 Å². The zero-order chi connectivity index (χ0) is 16.4. The van der Waals surface area contributed by atoms with Crippen LogP contribution in [0.1, 0.15) is 17.3 Å². The molecule has 0 saturated carbocycles. The van der Waals surface area contributed by atoms with E-state index in [-0.39, 0.29) is 12.1 Å². The van der Waals surface area contributed by atoms with E-state index in [4.69, 9.17) is 34.7 Å². The average molecular weight is 348 g/mol. The Morgan fingerprint density at radius 1 is 1.00 bits per heavy atom. The van der Waals surface area contributed by atoms with E-state index in [9.17, 15) is 0 Å². The van der Waals surface area contributed by atoms with Gasteiger partial charge in [0.2, 0.25) is 11.9 Å². The lowest BCUT2D eigenvalue weighted by Crippen LogP contribution is -2.43. The van der Waals surface area contributed by atoms with E-state index in [1.165, 1.54) is 0 Å². The standard InChI is InChI=1S/C16H15Cl2N5/c17-12-7-6-10(8-13(12)18)9-23-14(11-4-2-1-3-5-11)21-15(19)22-16(23)20/h1-8,14H,9H2,(H4,19,20,21,22). The Morgan fingerprint density at radius 3 is 2.43 bits per heavy atom. The molecule has 1 aliphatic rings. The minimum Gasteiger partial charge on any atom is -0.369 e. The van der Waals surface area contributed by atoms with Crippen LogP contribution in [0.15, 0.2) is 58.5 Å². The number of rotatable bonds is 3. The number of guanidine groups is 2. The average Bonchev–Trinajstić information content (AvgIpc) is 2.54. The molecule has 2 aromatic rings. The third-order valence-electron chi connectivity index (χ3n) is 3.51. The van der Waals surface area contributed by atoms with Crippen molar-refractivity contribution in [2.45, 2.75) is 12.7 Å². The van der Waals surface area contributed by atoms with Crippen molar-refractivity contribution in [2.75, 3.05) is 0 Å². The zero-order valence-corrected chi connectivity index (χ0v) is 13.7. The second kappa shape index (κ2) is 6.48. The zero-order valence-electron chi connectivity index (χ0n) is 12.2. The van der Waals surface area contributed by atoms with Gasteiger partial charge in [0.25, 0.3) is 0 Å². The van der Waals surface area contributed by atoms with Crippen LogP contribution in [0.2, 0.25) is 10.0 Å². The van der Waals surface area contributed by atoms with Crippen LogP contribution in [0.25, 0.3) is 0 Å². The molecular weight excluding hydrogens is 333 g/mol. The van der Waals surface area contributed by atoms with Crippen LogP contribution in [0.5, 0.6) is 0 Å². The molecule has 1 heterocycles. The van der Waals surface area contributed by atoms with E-state index in [0.29, 0.717) is 22.5 Å². The Labute approximate surface area is 144 Å². The summed E-state index contributed by atoms with van der Waals surface area (Å²) in [6, 6.07) is 15.2. The summed E-state index contributed by atoms with van der Waals surface area (Å²) in [5.41, 5.74) is 13.8. The van der Waals surface area contributed by atoms with E-state index in [1.807, 2.05) is 41.3 Å². The normalized spacial score (nSPS) is 17.7. The first-order chi connectivity index (χ1) is 11.0. The van der Waals surface area contributed by atoms with Crippen LogP contribution in [0, 0.1) is 0 Å². The molecule has 118 valence electrons. The highest BCUT2D eigenvalue weighted by Crippen LogP contribution is 2.28. The molecule has 0 fully saturated rings. The first-order valence-electron chi connectivity index (χ1n) is 6.97. The molecule has 0 saturated heterocycles. The number of hydrogen-bond acceptors (Lipinski definition) is 5. The maximum Gasteiger partial charge on any atom is 0.220 e. The molecule has 2 aromatic carbocycles. The van der Waals surface area contributed by atoms with E-state index < -0.39 is 0 Å². The highest BCUT2D eigenvalue weighted by Gasteiger charge is 2.26. The van der Waals surface area contributed by atoms with Gasteiger partial charge >= 0.3 is 0 Å². The fraction of sp³-hybridized carbons (Fsp3) is 0.125. The molecule has 0 radical (unpaired) electrons. The third kappa shape index (κ3) is 3.41. The Balaban J connectivity index is 1.94. The van der Waals surface area contributed by atoms with E-state index in [2.05, 4.69) is 9.98 Å². The molecule has 1 atom stereocenters. The van der Waals surface area contributed by atoms with Gasteiger partial charge in [-0.2, -0.15) is 4.99 Å². The van der Waals surface area contributed by atoms with Gasteiger partial charge in [0, 0.05) is 6.54 Å². The van der Waals surface area contributed by atoms with Crippen molar-refractivity contribution in [3.05, 3.63) is 69.7 Å². The van der Waals surface area contributed by atoms with Gasteiger partial charge in [-0.3, -0.25) is 0 Å². The first-order valence-corrected chi connectivity index (χ1v) is 7.73.